The van der Waals surface area contributed by atoms with Crippen LogP contribution in [0.2, 0.25) is 0 Å². The summed E-state index contributed by atoms with van der Waals surface area (Å²) in [6.07, 6.45) is 1.92. The molecular formula is C23H25NO4. The largest absolute Gasteiger partial charge is 0.480 e. The Morgan fingerprint density at radius 1 is 1.07 bits per heavy atom. The van der Waals surface area contributed by atoms with Gasteiger partial charge in [-0.05, 0) is 41.0 Å². The molecule has 1 aliphatic heterocycles. The highest BCUT2D eigenvalue weighted by atomic mass is 16.6. The molecule has 1 amide bonds. The van der Waals surface area contributed by atoms with Crippen LogP contribution in [-0.2, 0) is 9.53 Å². The fraction of sp³-hybridized carbons (Fsp3) is 0.391. The molecule has 28 heavy (non-hydrogen) atoms. The van der Waals surface area contributed by atoms with Crippen LogP contribution < -0.4 is 0 Å². The number of nitrogens with zero attached hydrogens (tertiary/aromatic N) is 1. The maximum absolute atomic E-state index is 12.7. The van der Waals surface area contributed by atoms with Gasteiger partial charge in [0.2, 0.25) is 0 Å². The van der Waals surface area contributed by atoms with E-state index in [-0.39, 0.29) is 18.4 Å². The number of aliphatic carboxylic acids is 1. The van der Waals surface area contributed by atoms with Crippen LogP contribution in [0, 0.1) is 5.92 Å². The second-order valence-electron chi connectivity index (χ2n) is 7.62. The molecule has 5 heteroatoms. The molecule has 0 bridgehead atoms. The van der Waals surface area contributed by atoms with E-state index in [4.69, 9.17) is 4.74 Å². The molecule has 146 valence electrons. The molecule has 1 N–H and O–H groups in total. The first-order valence-corrected chi connectivity index (χ1v) is 9.96. The van der Waals surface area contributed by atoms with Gasteiger partial charge in [-0.3, -0.25) is 4.90 Å². The summed E-state index contributed by atoms with van der Waals surface area (Å²) >= 11 is 0. The van der Waals surface area contributed by atoms with Crippen LogP contribution >= 0.6 is 0 Å². The number of carboxylic acids is 1. The zero-order valence-electron chi connectivity index (χ0n) is 16.0. The van der Waals surface area contributed by atoms with Gasteiger partial charge >= 0.3 is 12.1 Å². The van der Waals surface area contributed by atoms with Gasteiger partial charge in [-0.2, -0.15) is 0 Å². The third-order valence-electron chi connectivity index (χ3n) is 6.01. The fourth-order valence-corrected chi connectivity index (χ4v) is 4.75. The first-order chi connectivity index (χ1) is 13.6. The van der Waals surface area contributed by atoms with Crippen molar-refractivity contribution < 1.29 is 19.4 Å². The Bertz CT molecular complexity index is 848. The summed E-state index contributed by atoms with van der Waals surface area (Å²) in [5.41, 5.74) is 4.65. The molecule has 0 radical (unpaired) electrons. The molecule has 1 heterocycles. The topological polar surface area (TPSA) is 66.8 Å². The molecule has 4 rings (SSSR count). The maximum atomic E-state index is 12.7. The predicted octanol–water partition coefficient (Wildman–Crippen LogP) is 4.51. The Hall–Kier alpha value is -2.82. The van der Waals surface area contributed by atoms with E-state index in [1.54, 1.807) is 0 Å². The number of hydrogen-bond donors (Lipinski definition) is 1. The van der Waals surface area contributed by atoms with Crippen LogP contribution in [0.15, 0.2) is 48.5 Å². The van der Waals surface area contributed by atoms with E-state index < -0.39 is 18.1 Å². The number of ether oxygens (including phenoxy) is 1. The zero-order valence-corrected chi connectivity index (χ0v) is 16.0. The van der Waals surface area contributed by atoms with Crippen LogP contribution in [0.1, 0.15) is 43.2 Å². The molecule has 1 aliphatic carbocycles. The van der Waals surface area contributed by atoms with Crippen LogP contribution in [0.3, 0.4) is 0 Å². The number of hydrogen-bond acceptors (Lipinski definition) is 3. The first kappa shape index (κ1) is 18.5. The van der Waals surface area contributed by atoms with Gasteiger partial charge in [0.15, 0.2) is 0 Å². The van der Waals surface area contributed by atoms with E-state index in [2.05, 4.69) is 24.3 Å². The molecule has 0 saturated carbocycles. The van der Waals surface area contributed by atoms with Gasteiger partial charge in [-0.1, -0.05) is 61.9 Å². The first-order valence-electron chi connectivity index (χ1n) is 9.96. The fourth-order valence-electron chi connectivity index (χ4n) is 4.75. The molecule has 2 aliphatic rings. The lowest BCUT2D eigenvalue weighted by molar-refractivity contribution is -0.143. The summed E-state index contributed by atoms with van der Waals surface area (Å²) in [6.45, 7) is 2.70. The van der Waals surface area contributed by atoms with Crippen molar-refractivity contribution in [1.29, 1.82) is 0 Å². The molecule has 0 aromatic heterocycles. The third-order valence-corrected chi connectivity index (χ3v) is 6.01. The molecule has 2 aromatic carbocycles. The summed E-state index contributed by atoms with van der Waals surface area (Å²) in [5.74, 6) is -0.957. The third kappa shape index (κ3) is 3.15. The number of carboxylic acid groups (broad SMARTS) is 1. The van der Waals surface area contributed by atoms with Crippen molar-refractivity contribution in [2.24, 2.45) is 5.92 Å². The van der Waals surface area contributed by atoms with Gasteiger partial charge in [0.05, 0.1) is 0 Å². The molecule has 0 unspecified atom stereocenters. The van der Waals surface area contributed by atoms with Gasteiger partial charge in [0, 0.05) is 12.5 Å². The zero-order chi connectivity index (χ0) is 19.7. The van der Waals surface area contributed by atoms with Crippen molar-refractivity contribution in [2.75, 3.05) is 13.2 Å². The predicted molar refractivity (Wildman–Crippen MR) is 106 cm³/mol. The Kier molecular flexibility index (Phi) is 5.07. The number of rotatable bonds is 5. The van der Waals surface area contributed by atoms with Crippen LogP contribution in [0.4, 0.5) is 4.79 Å². The average molecular weight is 379 g/mol. The van der Waals surface area contributed by atoms with Gasteiger partial charge < -0.3 is 9.84 Å². The highest BCUT2D eigenvalue weighted by Crippen LogP contribution is 2.44. The highest BCUT2D eigenvalue weighted by molar-refractivity contribution is 5.82. The van der Waals surface area contributed by atoms with E-state index in [1.807, 2.05) is 31.2 Å². The minimum atomic E-state index is -0.940. The van der Waals surface area contributed by atoms with E-state index in [9.17, 15) is 14.7 Å². The SMILES string of the molecule is CCC[C@H]1CCN(C(=O)OCC2c3ccccc3-c3ccccc32)[C@@H]1C(=O)O. The smallest absolute Gasteiger partial charge is 0.410 e. The maximum Gasteiger partial charge on any atom is 0.410 e. The minimum Gasteiger partial charge on any atom is -0.480 e. The lowest BCUT2D eigenvalue weighted by Crippen LogP contribution is -2.43. The van der Waals surface area contributed by atoms with Gasteiger partial charge in [0.1, 0.15) is 12.6 Å². The average Bonchev–Trinajstić information content (AvgIpc) is 3.26. The van der Waals surface area contributed by atoms with Crippen molar-refractivity contribution in [3.63, 3.8) is 0 Å². The standard InChI is InChI=1S/C23H25NO4/c1-2-7-15-12-13-24(21(15)22(25)26)23(27)28-14-20-18-10-5-3-8-16(18)17-9-4-6-11-19(17)20/h3-6,8-11,15,20-21H,2,7,12-14H2,1H3,(H,25,26)/t15-,21-/m0/s1. The molecule has 0 spiro atoms. The van der Waals surface area contributed by atoms with E-state index in [0.717, 1.165) is 30.4 Å². The Balaban J connectivity index is 1.50. The number of fused-ring (bicyclic) bond motifs is 3. The number of carbonyl (C=O) groups is 2. The van der Waals surface area contributed by atoms with Crippen molar-refractivity contribution in [3.8, 4) is 11.1 Å². The van der Waals surface area contributed by atoms with Crippen LogP contribution in [-0.4, -0.2) is 41.3 Å². The molecular weight excluding hydrogens is 354 g/mol. The van der Waals surface area contributed by atoms with E-state index in [0.29, 0.717) is 6.54 Å². The Labute approximate surface area is 164 Å². The number of benzene rings is 2. The molecule has 1 saturated heterocycles. The van der Waals surface area contributed by atoms with Gasteiger partial charge in [0.25, 0.3) is 0 Å². The second-order valence-corrected chi connectivity index (χ2v) is 7.62. The van der Waals surface area contributed by atoms with E-state index in [1.165, 1.54) is 16.0 Å². The molecule has 2 atom stereocenters. The van der Waals surface area contributed by atoms with Crippen molar-refractivity contribution >= 4 is 12.1 Å². The van der Waals surface area contributed by atoms with Gasteiger partial charge in [-0.25, -0.2) is 9.59 Å². The van der Waals surface area contributed by atoms with Crippen molar-refractivity contribution in [2.45, 2.75) is 38.1 Å². The van der Waals surface area contributed by atoms with Gasteiger partial charge in [-0.15, -0.1) is 0 Å². The number of likely N-dealkylation sites (tertiary alicyclic amines) is 1. The minimum absolute atomic E-state index is 0.00276. The number of amides is 1. The highest BCUT2D eigenvalue weighted by Gasteiger charge is 2.42. The monoisotopic (exact) mass is 379 g/mol. The summed E-state index contributed by atoms with van der Waals surface area (Å²) in [7, 11) is 0. The van der Waals surface area contributed by atoms with Crippen LogP contribution in [0.5, 0.6) is 0 Å². The Morgan fingerprint density at radius 3 is 2.25 bits per heavy atom. The van der Waals surface area contributed by atoms with Crippen molar-refractivity contribution in [3.05, 3.63) is 59.7 Å². The summed E-state index contributed by atoms with van der Waals surface area (Å²) < 4.78 is 5.65. The Morgan fingerprint density at radius 2 is 1.68 bits per heavy atom. The van der Waals surface area contributed by atoms with E-state index >= 15 is 0 Å². The summed E-state index contributed by atoms with van der Waals surface area (Å²) in [5, 5.41) is 9.62. The normalized spacial score (nSPS) is 20.7. The summed E-state index contributed by atoms with van der Waals surface area (Å²) in [6, 6.07) is 15.6. The second kappa shape index (κ2) is 7.66. The lowest BCUT2D eigenvalue weighted by atomic mass is 9.95. The van der Waals surface area contributed by atoms with Crippen LogP contribution in [0.25, 0.3) is 11.1 Å². The number of carbonyl (C=O) groups excluding carboxylic acids is 1. The van der Waals surface area contributed by atoms with Crippen molar-refractivity contribution in [1.82, 2.24) is 4.90 Å². The summed E-state index contributed by atoms with van der Waals surface area (Å²) in [4.78, 5) is 25.9. The molecule has 2 aromatic rings. The quantitative estimate of drug-likeness (QED) is 0.830. The molecule has 5 nitrogen and oxygen atoms in total. The lowest BCUT2D eigenvalue weighted by Gasteiger charge is -2.25. The molecule has 1 fully saturated rings.